The van der Waals surface area contributed by atoms with Crippen LogP contribution in [0, 0.1) is 12.7 Å². The van der Waals surface area contributed by atoms with Gasteiger partial charge in [0.25, 0.3) is 0 Å². The largest absolute Gasteiger partial charge is 0.386 e. The first-order valence-electron chi connectivity index (χ1n) is 5.10. The summed E-state index contributed by atoms with van der Waals surface area (Å²) in [6.45, 7) is 1.90. The van der Waals surface area contributed by atoms with E-state index in [4.69, 9.17) is 0 Å². The topological polar surface area (TPSA) is 33.1 Å². The molecule has 0 aliphatic rings. The van der Waals surface area contributed by atoms with Crippen molar-refractivity contribution in [3.8, 4) is 0 Å². The number of aryl methyl sites for hydroxylation is 1. The van der Waals surface area contributed by atoms with E-state index in [-0.39, 0.29) is 5.82 Å². The highest BCUT2D eigenvalue weighted by Gasteiger charge is 2.13. The van der Waals surface area contributed by atoms with Gasteiger partial charge in [-0.2, -0.15) is 0 Å². The Labute approximate surface area is 111 Å². The standard InChI is InChI=1S/C12H11BrFNOS/c1-7-15-11(6-17-7)12(16)4-8-2-3-9(14)5-10(8)13/h2-3,5-6,12,16H,4H2,1H3. The molecule has 0 aliphatic carbocycles. The van der Waals surface area contributed by atoms with Gasteiger partial charge in [0, 0.05) is 16.3 Å². The van der Waals surface area contributed by atoms with Crippen LogP contribution >= 0.6 is 27.3 Å². The molecule has 1 N–H and O–H groups in total. The van der Waals surface area contributed by atoms with Crippen LogP contribution < -0.4 is 0 Å². The summed E-state index contributed by atoms with van der Waals surface area (Å²) in [5.74, 6) is -0.292. The lowest BCUT2D eigenvalue weighted by atomic mass is 10.1. The van der Waals surface area contributed by atoms with Crippen LogP contribution in [0.1, 0.15) is 22.4 Å². The Morgan fingerprint density at radius 2 is 2.29 bits per heavy atom. The van der Waals surface area contributed by atoms with E-state index in [1.54, 1.807) is 6.07 Å². The van der Waals surface area contributed by atoms with E-state index >= 15 is 0 Å². The Balaban J connectivity index is 2.15. The molecule has 0 amide bonds. The number of aliphatic hydroxyl groups is 1. The van der Waals surface area contributed by atoms with Crippen molar-refractivity contribution >= 4 is 27.3 Å². The van der Waals surface area contributed by atoms with Gasteiger partial charge in [0.1, 0.15) is 11.9 Å². The lowest BCUT2D eigenvalue weighted by Gasteiger charge is -2.09. The fourth-order valence-electron chi connectivity index (χ4n) is 1.53. The summed E-state index contributed by atoms with van der Waals surface area (Å²) < 4.78 is 13.6. The highest BCUT2D eigenvalue weighted by molar-refractivity contribution is 9.10. The number of aliphatic hydroxyl groups excluding tert-OH is 1. The quantitative estimate of drug-likeness (QED) is 0.938. The molecule has 1 heterocycles. The Hall–Kier alpha value is -0.780. The number of thiazole rings is 1. The van der Waals surface area contributed by atoms with Crippen LogP contribution in [0.15, 0.2) is 28.1 Å². The molecule has 2 rings (SSSR count). The zero-order chi connectivity index (χ0) is 12.4. The fraction of sp³-hybridized carbons (Fsp3) is 0.250. The summed E-state index contributed by atoms with van der Waals surface area (Å²) in [6.07, 6.45) is -0.231. The molecule has 0 radical (unpaired) electrons. The SMILES string of the molecule is Cc1nc(C(O)Cc2ccc(F)cc2Br)cs1. The van der Waals surface area contributed by atoms with Crippen molar-refractivity contribution in [3.63, 3.8) is 0 Å². The predicted octanol–water partition coefficient (Wildman–Crippen LogP) is 3.63. The van der Waals surface area contributed by atoms with Crippen LogP contribution in [-0.4, -0.2) is 10.1 Å². The van der Waals surface area contributed by atoms with Gasteiger partial charge in [-0.25, -0.2) is 9.37 Å². The van der Waals surface area contributed by atoms with Crippen molar-refractivity contribution in [1.82, 2.24) is 4.98 Å². The first-order valence-corrected chi connectivity index (χ1v) is 6.77. The molecule has 1 aromatic carbocycles. The van der Waals surface area contributed by atoms with Crippen LogP contribution in [0.2, 0.25) is 0 Å². The predicted molar refractivity (Wildman–Crippen MR) is 69.6 cm³/mol. The van der Waals surface area contributed by atoms with E-state index in [1.165, 1.54) is 23.5 Å². The average molecular weight is 316 g/mol. The average Bonchev–Trinajstić information content (AvgIpc) is 2.69. The van der Waals surface area contributed by atoms with Crippen LogP contribution in [0.25, 0.3) is 0 Å². The van der Waals surface area contributed by atoms with Crippen molar-refractivity contribution in [3.05, 3.63) is 50.1 Å². The summed E-state index contributed by atoms with van der Waals surface area (Å²) in [4.78, 5) is 4.23. The van der Waals surface area contributed by atoms with Crippen LogP contribution in [0.5, 0.6) is 0 Å². The molecule has 1 unspecified atom stereocenters. The summed E-state index contributed by atoms with van der Waals surface area (Å²) >= 11 is 4.79. The van der Waals surface area contributed by atoms with Gasteiger partial charge in [-0.3, -0.25) is 0 Å². The van der Waals surface area contributed by atoms with Crippen molar-refractivity contribution in [2.75, 3.05) is 0 Å². The van der Waals surface area contributed by atoms with Crippen molar-refractivity contribution in [1.29, 1.82) is 0 Å². The summed E-state index contributed by atoms with van der Waals surface area (Å²) in [5, 5.41) is 12.8. The molecule has 0 spiro atoms. The zero-order valence-corrected chi connectivity index (χ0v) is 11.6. The number of nitrogens with zero attached hydrogens (tertiary/aromatic N) is 1. The fourth-order valence-corrected chi connectivity index (χ4v) is 2.71. The normalized spacial score (nSPS) is 12.7. The molecular formula is C12H11BrFNOS. The molecule has 0 saturated heterocycles. The van der Waals surface area contributed by atoms with Crippen molar-refractivity contribution < 1.29 is 9.50 Å². The zero-order valence-electron chi connectivity index (χ0n) is 9.15. The number of benzene rings is 1. The molecule has 0 fully saturated rings. The van der Waals surface area contributed by atoms with Gasteiger partial charge in [0.2, 0.25) is 0 Å². The summed E-state index contributed by atoms with van der Waals surface area (Å²) in [6, 6.07) is 4.45. The minimum absolute atomic E-state index is 0.292. The minimum atomic E-state index is -0.651. The van der Waals surface area contributed by atoms with Gasteiger partial charge >= 0.3 is 0 Å². The molecule has 1 aromatic heterocycles. The molecule has 17 heavy (non-hydrogen) atoms. The number of hydrogen-bond acceptors (Lipinski definition) is 3. The second-order valence-corrected chi connectivity index (χ2v) is 5.66. The molecule has 0 saturated carbocycles. The van der Waals surface area contributed by atoms with E-state index in [1.807, 2.05) is 12.3 Å². The van der Waals surface area contributed by atoms with Crippen molar-refractivity contribution in [2.45, 2.75) is 19.4 Å². The van der Waals surface area contributed by atoms with Crippen LogP contribution in [-0.2, 0) is 6.42 Å². The lowest BCUT2D eigenvalue weighted by Crippen LogP contribution is -2.03. The molecule has 0 bridgehead atoms. The van der Waals surface area contributed by atoms with Gasteiger partial charge in [-0.1, -0.05) is 22.0 Å². The molecular weight excluding hydrogens is 305 g/mol. The maximum absolute atomic E-state index is 12.9. The Morgan fingerprint density at radius 1 is 1.53 bits per heavy atom. The molecule has 5 heteroatoms. The minimum Gasteiger partial charge on any atom is -0.386 e. The number of halogens is 2. The molecule has 1 atom stereocenters. The van der Waals surface area contributed by atoms with Gasteiger partial charge < -0.3 is 5.11 Å². The summed E-state index contributed by atoms with van der Waals surface area (Å²) in [7, 11) is 0. The first kappa shape index (κ1) is 12.7. The van der Waals surface area contributed by atoms with Crippen LogP contribution in [0.3, 0.4) is 0 Å². The third-order valence-electron chi connectivity index (χ3n) is 2.41. The number of aromatic nitrogens is 1. The van der Waals surface area contributed by atoms with E-state index in [0.717, 1.165) is 10.6 Å². The van der Waals surface area contributed by atoms with Gasteiger partial charge in [0.05, 0.1) is 10.7 Å². The first-order chi connectivity index (χ1) is 8.06. The number of rotatable bonds is 3. The maximum Gasteiger partial charge on any atom is 0.124 e. The number of hydrogen-bond donors (Lipinski definition) is 1. The second-order valence-electron chi connectivity index (χ2n) is 3.75. The van der Waals surface area contributed by atoms with E-state index < -0.39 is 6.10 Å². The van der Waals surface area contributed by atoms with Gasteiger partial charge in [-0.15, -0.1) is 11.3 Å². The second kappa shape index (κ2) is 5.25. The molecule has 90 valence electrons. The van der Waals surface area contributed by atoms with Crippen molar-refractivity contribution in [2.24, 2.45) is 0 Å². The Kier molecular flexibility index (Phi) is 3.91. The third-order valence-corrected chi connectivity index (χ3v) is 3.94. The highest BCUT2D eigenvalue weighted by atomic mass is 79.9. The molecule has 2 nitrogen and oxygen atoms in total. The van der Waals surface area contributed by atoms with Crippen LogP contribution in [0.4, 0.5) is 4.39 Å². The van der Waals surface area contributed by atoms with Gasteiger partial charge in [-0.05, 0) is 24.6 Å². The van der Waals surface area contributed by atoms with E-state index in [9.17, 15) is 9.50 Å². The van der Waals surface area contributed by atoms with E-state index in [0.29, 0.717) is 16.6 Å². The summed E-state index contributed by atoms with van der Waals surface area (Å²) in [5.41, 5.74) is 1.54. The molecule has 0 aliphatic heterocycles. The third kappa shape index (κ3) is 3.12. The van der Waals surface area contributed by atoms with Gasteiger partial charge in [0.15, 0.2) is 0 Å². The monoisotopic (exact) mass is 315 g/mol. The lowest BCUT2D eigenvalue weighted by molar-refractivity contribution is 0.174. The molecule has 2 aromatic rings. The maximum atomic E-state index is 12.9. The highest BCUT2D eigenvalue weighted by Crippen LogP contribution is 2.25. The Morgan fingerprint density at radius 3 is 2.88 bits per heavy atom. The van der Waals surface area contributed by atoms with E-state index in [2.05, 4.69) is 20.9 Å². The Bertz CT molecular complexity index is 529. The smallest absolute Gasteiger partial charge is 0.124 e.